The molecular weight excluding hydrogens is 456 g/mol. The molecular formula is C30H56O6. The molecule has 2 saturated carbocycles. The van der Waals surface area contributed by atoms with Gasteiger partial charge in [-0.2, -0.15) is 4.89 Å². The topological polar surface area (TPSA) is 74.2 Å². The Morgan fingerprint density at radius 1 is 1.08 bits per heavy atom. The van der Waals surface area contributed by atoms with Crippen molar-refractivity contribution in [3.8, 4) is 0 Å². The van der Waals surface area contributed by atoms with Crippen molar-refractivity contribution in [2.75, 3.05) is 27.4 Å². The lowest BCUT2D eigenvalue weighted by molar-refractivity contribution is -0.223. The molecule has 0 aromatic rings. The zero-order valence-electron chi connectivity index (χ0n) is 22.9. The number of allylic oxidation sites excluding steroid dienone is 4. The summed E-state index contributed by atoms with van der Waals surface area (Å²) in [5.41, 5.74) is 4.18. The van der Waals surface area contributed by atoms with Crippen LogP contribution in [0.5, 0.6) is 0 Å². The minimum Gasteiger partial charge on any atom is -0.504 e. The van der Waals surface area contributed by atoms with E-state index in [-0.39, 0.29) is 44.2 Å². The van der Waals surface area contributed by atoms with Crippen molar-refractivity contribution < 1.29 is 29.1 Å². The monoisotopic (exact) mass is 512 g/mol. The summed E-state index contributed by atoms with van der Waals surface area (Å²) in [5, 5.41) is 8.94. The van der Waals surface area contributed by atoms with Gasteiger partial charge in [-0.05, 0) is 66.9 Å². The number of methoxy groups -OCH3 is 1. The molecule has 2 fully saturated rings. The normalized spacial score (nSPS) is 24.6. The summed E-state index contributed by atoms with van der Waals surface area (Å²) in [5.74, 6) is 0.774. The third kappa shape index (κ3) is 9.93. The number of ether oxygens (including phenoxy) is 2. The van der Waals surface area contributed by atoms with Gasteiger partial charge in [0.05, 0.1) is 33.0 Å². The molecule has 0 spiro atoms. The Balaban J connectivity index is 0. The summed E-state index contributed by atoms with van der Waals surface area (Å²) < 4.78 is 10.4. The highest BCUT2D eigenvalue weighted by atomic mass is 17.2. The minimum atomic E-state index is -0.0698. The molecule has 0 radical (unpaired) electrons. The Hall–Kier alpha value is -1.79. The van der Waals surface area contributed by atoms with Gasteiger partial charge >= 0.3 is 5.97 Å². The fraction of sp³-hybridized carbons (Fsp3) is 0.767. The number of aliphatic hydroxyl groups is 1. The number of carbonyl (C=O) groups is 1. The second kappa shape index (κ2) is 16.9. The van der Waals surface area contributed by atoms with Crippen LogP contribution in [0.3, 0.4) is 0 Å². The first-order chi connectivity index (χ1) is 15.9. The fourth-order valence-corrected chi connectivity index (χ4v) is 4.23. The van der Waals surface area contributed by atoms with Crippen LogP contribution in [0.2, 0.25) is 0 Å². The van der Waals surface area contributed by atoms with Gasteiger partial charge in [-0.3, -0.25) is 4.79 Å². The van der Waals surface area contributed by atoms with Crippen LogP contribution in [-0.4, -0.2) is 38.5 Å². The van der Waals surface area contributed by atoms with Gasteiger partial charge in [0.2, 0.25) is 0 Å². The summed E-state index contributed by atoms with van der Waals surface area (Å²) >= 11 is 0. The number of rotatable bonds is 11. The molecule has 0 aromatic carbocycles. The molecule has 0 heterocycles. The van der Waals surface area contributed by atoms with Crippen molar-refractivity contribution in [2.24, 2.45) is 28.6 Å². The number of carbonyl (C=O) groups excluding carboxylic acids is 1. The van der Waals surface area contributed by atoms with Crippen molar-refractivity contribution in [1.82, 2.24) is 0 Å². The molecule has 2 aliphatic rings. The molecule has 0 bridgehead atoms. The van der Waals surface area contributed by atoms with Crippen LogP contribution in [0, 0.1) is 28.6 Å². The van der Waals surface area contributed by atoms with E-state index in [0.717, 1.165) is 37.7 Å². The second-order valence-corrected chi connectivity index (χ2v) is 10.7. The lowest BCUT2D eigenvalue weighted by Crippen LogP contribution is -2.41. The molecule has 2 aliphatic carbocycles. The highest BCUT2D eigenvalue weighted by Gasteiger charge is 2.44. The smallest absolute Gasteiger partial charge is 0.308 e. The molecule has 0 saturated heterocycles. The van der Waals surface area contributed by atoms with Crippen LogP contribution < -0.4 is 0 Å². The Labute approximate surface area is 222 Å². The molecule has 212 valence electrons. The standard InChI is InChI=1S/C19H32O4.C9H16O2.2CH4/c1-7-15(3)18(20)22-13-17-11-16(19(17,4)5)10-8-9-14(2)12-23-21-6;1-9(2)7(5-10)4-8(9)6-11-3;;/h10,12,15,17H,7-9,11,13H2,1-6H3;6-7,10H,4-5H2,1-3H3;2*1H4/b14-12+,16-10?;;;. The number of esters is 1. The molecule has 1 N–H and O–H groups in total. The molecule has 3 atom stereocenters. The molecule has 36 heavy (non-hydrogen) atoms. The largest absolute Gasteiger partial charge is 0.504 e. The molecule has 0 aromatic heterocycles. The maximum absolute atomic E-state index is 11.8. The van der Waals surface area contributed by atoms with E-state index in [2.05, 4.69) is 38.7 Å². The van der Waals surface area contributed by atoms with E-state index < -0.39 is 0 Å². The quantitative estimate of drug-likeness (QED) is 0.101. The lowest BCUT2D eigenvalue weighted by atomic mass is 9.58. The van der Waals surface area contributed by atoms with Gasteiger partial charge in [-0.15, -0.1) is 0 Å². The number of aliphatic hydroxyl groups excluding tert-OH is 1. The van der Waals surface area contributed by atoms with Crippen molar-refractivity contribution >= 4 is 5.97 Å². The predicted molar refractivity (Wildman–Crippen MR) is 149 cm³/mol. The average Bonchev–Trinajstić information content (AvgIpc) is 2.80. The summed E-state index contributed by atoms with van der Waals surface area (Å²) in [6.07, 6.45) is 10.5. The van der Waals surface area contributed by atoms with Crippen LogP contribution in [0.1, 0.15) is 95.4 Å². The van der Waals surface area contributed by atoms with Crippen LogP contribution >= 0.6 is 0 Å². The van der Waals surface area contributed by atoms with E-state index >= 15 is 0 Å². The highest BCUT2D eigenvalue weighted by Crippen LogP contribution is 2.51. The lowest BCUT2D eigenvalue weighted by Gasteiger charge is -2.47. The molecule has 0 aliphatic heterocycles. The predicted octanol–water partition coefficient (Wildman–Crippen LogP) is 7.64. The van der Waals surface area contributed by atoms with Gasteiger partial charge in [0.15, 0.2) is 0 Å². The Kier molecular flexibility index (Phi) is 17.0. The van der Waals surface area contributed by atoms with Gasteiger partial charge in [-0.25, -0.2) is 0 Å². The molecule has 2 rings (SSSR count). The Bertz CT molecular complexity index is 732. The van der Waals surface area contributed by atoms with Gasteiger partial charge < -0.3 is 19.5 Å². The van der Waals surface area contributed by atoms with Crippen molar-refractivity contribution in [3.05, 3.63) is 35.3 Å². The van der Waals surface area contributed by atoms with Crippen LogP contribution in [-0.2, 0) is 24.0 Å². The van der Waals surface area contributed by atoms with E-state index in [4.69, 9.17) is 19.5 Å². The van der Waals surface area contributed by atoms with Gasteiger partial charge in [0, 0.05) is 12.5 Å². The zero-order valence-corrected chi connectivity index (χ0v) is 22.9. The van der Waals surface area contributed by atoms with Crippen LogP contribution in [0.4, 0.5) is 0 Å². The third-order valence-corrected chi connectivity index (χ3v) is 7.83. The first-order valence-corrected chi connectivity index (χ1v) is 12.5. The Morgan fingerprint density at radius 3 is 2.14 bits per heavy atom. The molecule has 0 amide bonds. The second-order valence-electron chi connectivity index (χ2n) is 10.7. The zero-order chi connectivity index (χ0) is 25.9. The Morgan fingerprint density at radius 2 is 1.67 bits per heavy atom. The summed E-state index contributed by atoms with van der Waals surface area (Å²) in [4.78, 5) is 21.1. The van der Waals surface area contributed by atoms with Crippen molar-refractivity contribution in [1.29, 1.82) is 0 Å². The van der Waals surface area contributed by atoms with Crippen LogP contribution in [0.25, 0.3) is 0 Å². The molecule has 3 unspecified atom stereocenters. The van der Waals surface area contributed by atoms with E-state index in [1.807, 2.05) is 20.8 Å². The number of hydrogen-bond acceptors (Lipinski definition) is 6. The first kappa shape index (κ1) is 36.4. The minimum absolute atomic E-state index is 0. The molecule has 6 nitrogen and oxygen atoms in total. The van der Waals surface area contributed by atoms with Crippen molar-refractivity contribution in [3.63, 3.8) is 0 Å². The van der Waals surface area contributed by atoms with Gasteiger partial charge in [0.1, 0.15) is 6.26 Å². The average molecular weight is 513 g/mol. The highest BCUT2D eigenvalue weighted by molar-refractivity contribution is 5.71. The molecule has 6 heteroatoms. The van der Waals surface area contributed by atoms with Gasteiger partial charge in [-0.1, -0.05) is 68.0 Å². The van der Waals surface area contributed by atoms with E-state index in [9.17, 15) is 4.79 Å². The third-order valence-electron chi connectivity index (χ3n) is 7.83. The SMILES string of the molecule is C.C.CCC(C)C(=O)OCC1CC(=CCC/C(C)=C/OOC)C1(C)C.COC=C1CC(CO)C1(C)C. The van der Waals surface area contributed by atoms with E-state index in [0.29, 0.717) is 18.4 Å². The van der Waals surface area contributed by atoms with Crippen molar-refractivity contribution in [2.45, 2.75) is 95.4 Å². The van der Waals surface area contributed by atoms with E-state index in [1.165, 1.54) is 18.3 Å². The first-order valence-electron chi connectivity index (χ1n) is 12.5. The summed E-state index contributed by atoms with van der Waals surface area (Å²) in [6.45, 7) is 15.5. The number of hydrogen-bond donors (Lipinski definition) is 1. The summed E-state index contributed by atoms with van der Waals surface area (Å²) in [7, 11) is 3.16. The maximum Gasteiger partial charge on any atom is 0.308 e. The fourth-order valence-electron chi connectivity index (χ4n) is 4.23. The van der Waals surface area contributed by atoms with Gasteiger partial charge in [0.25, 0.3) is 0 Å². The maximum atomic E-state index is 11.8. The van der Waals surface area contributed by atoms with E-state index in [1.54, 1.807) is 19.6 Å². The summed E-state index contributed by atoms with van der Waals surface area (Å²) in [6, 6.07) is 0. The van der Waals surface area contributed by atoms with Crippen LogP contribution in [0.15, 0.2) is 35.3 Å².